The van der Waals surface area contributed by atoms with Crippen molar-refractivity contribution in [2.75, 3.05) is 11.1 Å². The molecule has 0 aliphatic rings. The van der Waals surface area contributed by atoms with Gasteiger partial charge in [0.15, 0.2) is 5.16 Å². The van der Waals surface area contributed by atoms with E-state index < -0.39 is 6.36 Å². The van der Waals surface area contributed by atoms with Crippen molar-refractivity contribution >= 4 is 28.9 Å². The highest BCUT2D eigenvalue weighted by Crippen LogP contribution is 2.24. The number of halogens is 3. The van der Waals surface area contributed by atoms with Gasteiger partial charge in [-0.05, 0) is 36.4 Å². The second-order valence-corrected chi connectivity index (χ2v) is 5.89. The molecule has 0 unspecified atom stereocenters. The number of anilines is 1. The van der Waals surface area contributed by atoms with E-state index in [2.05, 4.69) is 15.0 Å². The normalized spacial score (nSPS) is 11.5. The number of benzene rings is 1. The van der Waals surface area contributed by atoms with Crippen molar-refractivity contribution in [2.24, 2.45) is 0 Å². The second kappa shape index (κ2) is 7.06. The summed E-state index contributed by atoms with van der Waals surface area (Å²) in [6.07, 6.45) is -1.18. The number of nitrogens with one attached hydrogen (secondary N) is 1. The molecule has 9 heteroatoms. The summed E-state index contributed by atoms with van der Waals surface area (Å²) in [6.45, 7) is 0. The summed E-state index contributed by atoms with van der Waals surface area (Å²) in [4.78, 5) is 16.2. The molecule has 0 fully saturated rings. The molecule has 0 bridgehead atoms. The van der Waals surface area contributed by atoms with Crippen LogP contribution in [0.1, 0.15) is 0 Å². The van der Waals surface area contributed by atoms with Crippen LogP contribution >= 0.6 is 11.8 Å². The van der Waals surface area contributed by atoms with Crippen molar-refractivity contribution < 1.29 is 22.7 Å². The van der Waals surface area contributed by atoms with E-state index in [1.165, 1.54) is 23.9 Å². The van der Waals surface area contributed by atoms with E-state index in [1.807, 2.05) is 28.8 Å². The third-order valence-corrected chi connectivity index (χ3v) is 4.08. The molecule has 3 aromatic rings. The first-order valence-corrected chi connectivity index (χ1v) is 8.10. The van der Waals surface area contributed by atoms with Crippen molar-refractivity contribution in [3.8, 4) is 5.75 Å². The topological polar surface area (TPSA) is 55.6 Å². The number of hydrogen-bond acceptors (Lipinski definition) is 4. The molecule has 2 heterocycles. The van der Waals surface area contributed by atoms with E-state index in [0.29, 0.717) is 10.8 Å². The Hall–Kier alpha value is -2.68. The van der Waals surface area contributed by atoms with Gasteiger partial charge >= 0.3 is 6.36 Å². The summed E-state index contributed by atoms with van der Waals surface area (Å²) < 4.78 is 41.9. The zero-order chi connectivity index (χ0) is 17.9. The van der Waals surface area contributed by atoms with Gasteiger partial charge in [0.05, 0.1) is 17.5 Å². The average Bonchev–Trinajstić information content (AvgIpc) is 2.97. The van der Waals surface area contributed by atoms with Gasteiger partial charge < -0.3 is 10.1 Å². The molecule has 0 aliphatic carbocycles. The molecular formula is C16H12F3N3O2S. The van der Waals surface area contributed by atoms with Crippen LogP contribution in [0.15, 0.2) is 60.0 Å². The van der Waals surface area contributed by atoms with E-state index in [-0.39, 0.29) is 17.4 Å². The van der Waals surface area contributed by atoms with Gasteiger partial charge in [0.1, 0.15) is 5.75 Å². The molecule has 3 rings (SSSR count). The molecule has 1 aromatic carbocycles. The van der Waals surface area contributed by atoms with E-state index in [4.69, 9.17) is 0 Å². The number of rotatable bonds is 5. The summed E-state index contributed by atoms with van der Waals surface area (Å²) in [5.74, 6) is -0.514. The maximum atomic E-state index is 12.1. The number of fused-ring (bicyclic) bond motifs is 1. The van der Waals surface area contributed by atoms with Gasteiger partial charge in [0, 0.05) is 11.9 Å². The van der Waals surface area contributed by atoms with Crippen molar-refractivity contribution in [1.82, 2.24) is 9.38 Å². The van der Waals surface area contributed by atoms with E-state index >= 15 is 0 Å². The molecule has 0 saturated heterocycles. The van der Waals surface area contributed by atoms with Crippen molar-refractivity contribution in [3.63, 3.8) is 0 Å². The van der Waals surface area contributed by atoms with Gasteiger partial charge in [-0.3, -0.25) is 9.20 Å². The number of thioether (sulfide) groups is 1. The van der Waals surface area contributed by atoms with E-state index in [9.17, 15) is 18.0 Å². The van der Waals surface area contributed by atoms with Crippen LogP contribution in [0.25, 0.3) is 5.52 Å². The Balaban J connectivity index is 1.56. The van der Waals surface area contributed by atoms with Gasteiger partial charge in [0.25, 0.3) is 0 Å². The Kier molecular flexibility index (Phi) is 4.84. The maximum absolute atomic E-state index is 12.1. The molecular weight excluding hydrogens is 355 g/mol. The first-order chi connectivity index (χ1) is 11.9. The van der Waals surface area contributed by atoms with Crippen molar-refractivity contribution in [3.05, 3.63) is 54.9 Å². The zero-order valence-electron chi connectivity index (χ0n) is 12.7. The third kappa shape index (κ3) is 4.66. The highest BCUT2D eigenvalue weighted by Gasteiger charge is 2.30. The minimum Gasteiger partial charge on any atom is -0.406 e. The Morgan fingerprint density at radius 3 is 2.68 bits per heavy atom. The third-order valence-electron chi connectivity index (χ3n) is 3.11. The molecule has 0 spiro atoms. The van der Waals surface area contributed by atoms with Gasteiger partial charge in [-0.1, -0.05) is 17.8 Å². The smallest absolute Gasteiger partial charge is 0.406 e. The minimum atomic E-state index is -4.74. The lowest BCUT2D eigenvalue weighted by molar-refractivity contribution is -0.274. The number of imidazole rings is 1. The number of amides is 1. The molecule has 2 aromatic heterocycles. The van der Waals surface area contributed by atoms with Gasteiger partial charge in [-0.2, -0.15) is 0 Å². The molecule has 5 nitrogen and oxygen atoms in total. The molecule has 0 aliphatic heterocycles. The Bertz CT molecular complexity index is 878. The lowest BCUT2D eigenvalue weighted by Crippen LogP contribution is -2.17. The first kappa shape index (κ1) is 17.2. The molecule has 1 N–H and O–H groups in total. The fourth-order valence-electron chi connectivity index (χ4n) is 2.09. The fourth-order valence-corrected chi connectivity index (χ4v) is 2.86. The first-order valence-electron chi connectivity index (χ1n) is 7.11. The predicted molar refractivity (Wildman–Crippen MR) is 87.7 cm³/mol. The SMILES string of the molecule is O=C(CSc1ncc2ccccn12)Nc1ccc(OC(F)(F)F)cc1. The number of carbonyl (C=O) groups excluding carboxylic acids is 1. The molecule has 0 radical (unpaired) electrons. The maximum Gasteiger partial charge on any atom is 0.573 e. The summed E-state index contributed by atoms with van der Waals surface area (Å²) in [5, 5.41) is 3.29. The lowest BCUT2D eigenvalue weighted by atomic mass is 10.3. The lowest BCUT2D eigenvalue weighted by Gasteiger charge is -2.09. The quantitative estimate of drug-likeness (QED) is 0.694. The number of aromatic nitrogens is 2. The Morgan fingerprint density at radius 2 is 1.96 bits per heavy atom. The fraction of sp³-hybridized carbons (Fsp3) is 0.125. The summed E-state index contributed by atoms with van der Waals surface area (Å²) in [6, 6.07) is 10.6. The molecule has 130 valence electrons. The monoisotopic (exact) mass is 367 g/mol. The average molecular weight is 367 g/mol. The standard InChI is InChI=1S/C16H12F3N3O2S/c17-16(18,19)24-13-6-4-11(5-7-13)21-14(23)10-25-15-20-9-12-3-1-2-8-22(12)15/h1-9H,10H2,(H,21,23). The van der Waals surface area contributed by atoms with Crippen LogP contribution in [0.2, 0.25) is 0 Å². The minimum absolute atomic E-state index is 0.120. The van der Waals surface area contributed by atoms with Crippen LogP contribution in [-0.2, 0) is 4.79 Å². The molecule has 0 saturated carbocycles. The summed E-state index contributed by atoms with van der Waals surface area (Å²) >= 11 is 1.26. The van der Waals surface area contributed by atoms with E-state index in [1.54, 1.807) is 6.20 Å². The Morgan fingerprint density at radius 1 is 1.20 bits per heavy atom. The van der Waals surface area contributed by atoms with Crippen LogP contribution < -0.4 is 10.1 Å². The number of pyridine rings is 1. The number of carbonyl (C=O) groups is 1. The molecule has 25 heavy (non-hydrogen) atoms. The van der Waals surface area contributed by atoms with Crippen LogP contribution in [0.5, 0.6) is 5.75 Å². The van der Waals surface area contributed by atoms with Gasteiger partial charge in [0.2, 0.25) is 5.91 Å². The molecule has 1 amide bonds. The summed E-state index contributed by atoms with van der Waals surface area (Å²) in [5.41, 5.74) is 1.30. The van der Waals surface area contributed by atoms with Crippen molar-refractivity contribution in [2.45, 2.75) is 11.5 Å². The van der Waals surface area contributed by atoms with Gasteiger partial charge in [-0.25, -0.2) is 4.98 Å². The number of ether oxygens (including phenoxy) is 1. The van der Waals surface area contributed by atoms with Gasteiger partial charge in [-0.15, -0.1) is 13.2 Å². The van der Waals surface area contributed by atoms with Crippen LogP contribution in [0.4, 0.5) is 18.9 Å². The Labute approximate surface area is 144 Å². The van der Waals surface area contributed by atoms with Crippen LogP contribution in [0.3, 0.4) is 0 Å². The van der Waals surface area contributed by atoms with E-state index in [0.717, 1.165) is 17.6 Å². The van der Waals surface area contributed by atoms with Crippen LogP contribution in [0, 0.1) is 0 Å². The zero-order valence-corrected chi connectivity index (χ0v) is 13.5. The largest absolute Gasteiger partial charge is 0.573 e. The number of alkyl halides is 3. The highest BCUT2D eigenvalue weighted by atomic mass is 32.2. The summed E-state index contributed by atoms with van der Waals surface area (Å²) in [7, 11) is 0. The predicted octanol–water partition coefficient (Wildman–Crippen LogP) is 3.96. The highest BCUT2D eigenvalue weighted by molar-refractivity contribution is 7.99. The van der Waals surface area contributed by atoms with Crippen molar-refractivity contribution in [1.29, 1.82) is 0 Å². The number of hydrogen-bond donors (Lipinski definition) is 1. The van der Waals surface area contributed by atoms with Crippen LogP contribution in [-0.4, -0.2) is 27.4 Å². The molecule has 0 atom stereocenters. The number of nitrogens with zero attached hydrogens (tertiary/aromatic N) is 2. The second-order valence-electron chi connectivity index (χ2n) is 4.95.